The molecule has 1 heterocycles. The zero-order valence-corrected chi connectivity index (χ0v) is 13.3. The Labute approximate surface area is 135 Å². The molecule has 4 nitrogen and oxygen atoms in total. The van der Waals surface area contributed by atoms with Gasteiger partial charge in [0.2, 0.25) is 0 Å². The summed E-state index contributed by atoms with van der Waals surface area (Å²) in [5, 5.41) is 23.5. The Bertz CT molecular complexity index is 417. The van der Waals surface area contributed by atoms with Crippen LogP contribution in [0, 0.1) is 0 Å². The summed E-state index contributed by atoms with van der Waals surface area (Å²) in [6.45, 7) is 3.57. The van der Waals surface area contributed by atoms with E-state index in [1.807, 2.05) is 0 Å². The summed E-state index contributed by atoms with van der Waals surface area (Å²) in [6, 6.07) is 3.04. The Kier molecular flexibility index (Phi) is 7.37. The fraction of sp³-hybridized carbons (Fsp3) is 0.538. The molecule has 1 saturated heterocycles. The van der Waals surface area contributed by atoms with Gasteiger partial charge in [-0.15, -0.1) is 12.4 Å². The van der Waals surface area contributed by atoms with Crippen LogP contribution in [0.3, 0.4) is 0 Å². The van der Waals surface area contributed by atoms with Gasteiger partial charge >= 0.3 is 0 Å². The van der Waals surface area contributed by atoms with Gasteiger partial charge in [0.1, 0.15) is 5.75 Å². The number of hydrogen-bond acceptors (Lipinski definition) is 4. The minimum Gasteiger partial charge on any atom is -0.508 e. The average molecular weight is 342 g/mol. The van der Waals surface area contributed by atoms with Gasteiger partial charge in [-0.1, -0.05) is 23.2 Å². The number of benzene rings is 1. The molecule has 0 aromatic heterocycles. The number of hydrogen-bond donors (Lipinski definition) is 3. The highest BCUT2D eigenvalue weighted by Gasteiger charge is 2.26. The maximum absolute atomic E-state index is 10.1. The van der Waals surface area contributed by atoms with E-state index in [0.29, 0.717) is 22.0 Å². The molecule has 1 aromatic rings. The van der Waals surface area contributed by atoms with E-state index < -0.39 is 0 Å². The number of aliphatic hydroxyl groups is 1. The second-order valence-electron chi connectivity index (χ2n) is 4.63. The molecule has 2 rings (SSSR count). The number of nitrogens with zero attached hydrogens (tertiary/aromatic N) is 1. The number of rotatable bonds is 4. The molecule has 0 amide bonds. The first-order valence-corrected chi connectivity index (χ1v) is 7.12. The average Bonchev–Trinajstić information content (AvgIpc) is 2.37. The lowest BCUT2D eigenvalue weighted by Gasteiger charge is -2.35. The van der Waals surface area contributed by atoms with E-state index in [-0.39, 0.29) is 30.8 Å². The lowest BCUT2D eigenvalue weighted by Crippen LogP contribution is -2.45. The van der Waals surface area contributed by atoms with Gasteiger partial charge in [0.25, 0.3) is 0 Å². The van der Waals surface area contributed by atoms with Crippen LogP contribution in [-0.4, -0.2) is 47.9 Å². The minimum atomic E-state index is -0.0862. The molecule has 0 radical (unpaired) electrons. The van der Waals surface area contributed by atoms with Crippen molar-refractivity contribution in [2.45, 2.75) is 12.5 Å². The minimum absolute atomic E-state index is 0. The van der Waals surface area contributed by atoms with Gasteiger partial charge in [0.05, 0.1) is 5.02 Å². The number of phenolic OH excluding ortho intramolecular Hbond substituents is 1. The molecule has 0 spiro atoms. The quantitative estimate of drug-likeness (QED) is 0.787. The molecule has 1 aromatic carbocycles. The van der Waals surface area contributed by atoms with Gasteiger partial charge in [-0.2, -0.15) is 0 Å². The van der Waals surface area contributed by atoms with Crippen LogP contribution in [0.2, 0.25) is 10.0 Å². The largest absolute Gasteiger partial charge is 0.508 e. The van der Waals surface area contributed by atoms with Crippen LogP contribution in [0.5, 0.6) is 5.75 Å². The van der Waals surface area contributed by atoms with Crippen molar-refractivity contribution < 1.29 is 10.2 Å². The summed E-state index contributed by atoms with van der Waals surface area (Å²) < 4.78 is 0. The molecule has 0 aliphatic carbocycles. The first-order chi connectivity index (χ1) is 9.13. The van der Waals surface area contributed by atoms with E-state index in [1.54, 1.807) is 6.07 Å². The van der Waals surface area contributed by atoms with Gasteiger partial charge in [-0.05, 0) is 18.6 Å². The Balaban J connectivity index is 0.00000200. The molecule has 1 aliphatic heterocycles. The number of phenols is 1. The van der Waals surface area contributed by atoms with E-state index in [9.17, 15) is 10.2 Å². The summed E-state index contributed by atoms with van der Waals surface area (Å²) in [7, 11) is 0. The molecule has 1 atom stereocenters. The monoisotopic (exact) mass is 340 g/mol. The summed E-state index contributed by atoms with van der Waals surface area (Å²) in [4.78, 5) is 2.22. The van der Waals surface area contributed by atoms with Crippen molar-refractivity contribution in [2.24, 2.45) is 0 Å². The number of nitrogens with one attached hydrogen (secondary N) is 1. The highest BCUT2D eigenvalue weighted by Crippen LogP contribution is 2.38. The molecule has 1 fully saturated rings. The van der Waals surface area contributed by atoms with Crippen molar-refractivity contribution >= 4 is 35.6 Å². The van der Waals surface area contributed by atoms with E-state index in [4.69, 9.17) is 23.2 Å². The predicted molar refractivity (Wildman–Crippen MR) is 84.3 cm³/mol. The van der Waals surface area contributed by atoms with Gasteiger partial charge in [-0.3, -0.25) is 4.90 Å². The van der Waals surface area contributed by atoms with Crippen LogP contribution in [0.4, 0.5) is 0 Å². The predicted octanol–water partition coefficient (Wildman–Crippen LogP) is 2.45. The van der Waals surface area contributed by atoms with Crippen molar-refractivity contribution in [2.75, 3.05) is 32.8 Å². The fourth-order valence-corrected chi connectivity index (χ4v) is 3.14. The maximum atomic E-state index is 10.1. The second kappa shape index (κ2) is 8.27. The first kappa shape index (κ1) is 17.8. The van der Waals surface area contributed by atoms with Gasteiger partial charge in [0.15, 0.2) is 0 Å². The van der Waals surface area contributed by atoms with Crippen LogP contribution >= 0.6 is 35.6 Å². The molecule has 0 bridgehead atoms. The molecule has 1 aliphatic rings. The summed E-state index contributed by atoms with van der Waals surface area (Å²) >= 11 is 12.1. The van der Waals surface area contributed by atoms with Crippen LogP contribution in [0.1, 0.15) is 18.0 Å². The highest BCUT2D eigenvalue weighted by molar-refractivity contribution is 6.35. The summed E-state index contributed by atoms with van der Waals surface area (Å²) in [5.74, 6) is 0.0921. The summed E-state index contributed by atoms with van der Waals surface area (Å²) in [5.41, 5.74) is 0.655. The number of aromatic hydroxyl groups is 1. The van der Waals surface area contributed by atoms with Gasteiger partial charge < -0.3 is 15.5 Å². The Hall–Kier alpha value is -0.230. The Morgan fingerprint density at radius 1 is 1.25 bits per heavy atom. The smallest absolute Gasteiger partial charge is 0.123 e. The number of piperazine rings is 1. The van der Waals surface area contributed by atoms with Crippen molar-refractivity contribution in [3.63, 3.8) is 0 Å². The van der Waals surface area contributed by atoms with Crippen molar-refractivity contribution in [3.05, 3.63) is 27.7 Å². The van der Waals surface area contributed by atoms with Crippen LogP contribution in [0.25, 0.3) is 0 Å². The zero-order valence-electron chi connectivity index (χ0n) is 11.0. The van der Waals surface area contributed by atoms with Crippen molar-refractivity contribution in [3.8, 4) is 5.75 Å². The van der Waals surface area contributed by atoms with Crippen LogP contribution in [-0.2, 0) is 0 Å². The van der Waals surface area contributed by atoms with E-state index in [0.717, 1.165) is 26.2 Å². The van der Waals surface area contributed by atoms with Gasteiger partial charge in [-0.25, -0.2) is 0 Å². The topological polar surface area (TPSA) is 55.7 Å². The van der Waals surface area contributed by atoms with Crippen LogP contribution in [0.15, 0.2) is 12.1 Å². The molecular weight excluding hydrogens is 323 g/mol. The van der Waals surface area contributed by atoms with Crippen molar-refractivity contribution in [1.29, 1.82) is 0 Å². The lowest BCUT2D eigenvalue weighted by atomic mass is 10.00. The zero-order chi connectivity index (χ0) is 13.8. The van der Waals surface area contributed by atoms with E-state index in [1.165, 1.54) is 6.07 Å². The third kappa shape index (κ3) is 4.13. The SMILES string of the molecule is Cl.OCC[C@H](c1c(O)cc(Cl)cc1Cl)N1CCNCC1. The number of aliphatic hydroxyl groups excluding tert-OH is 1. The molecule has 0 unspecified atom stereocenters. The normalized spacial score (nSPS) is 17.6. The van der Waals surface area contributed by atoms with Gasteiger partial charge in [0, 0.05) is 49.4 Å². The van der Waals surface area contributed by atoms with Crippen molar-refractivity contribution in [1.82, 2.24) is 10.2 Å². The molecule has 7 heteroatoms. The Morgan fingerprint density at radius 2 is 1.90 bits per heavy atom. The number of halogens is 3. The molecule has 3 N–H and O–H groups in total. The summed E-state index contributed by atoms with van der Waals surface area (Å²) in [6.07, 6.45) is 0.537. The molecular formula is C13H19Cl3N2O2. The van der Waals surface area contributed by atoms with E-state index in [2.05, 4.69) is 10.2 Å². The second-order valence-corrected chi connectivity index (χ2v) is 5.48. The molecule has 114 valence electrons. The standard InChI is InChI=1S/C13H18Cl2N2O2.ClH/c14-9-7-10(15)13(12(19)8-9)11(1-6-18)17-4-2-16-3-5-17;/h7-8,11,16,18-19H,1-6H2;1H/t11-;/m1./s1. The van der Waals surface area contributed by atoms with Crippen LogP contribution < -0.4 is 5.32 Å². The lowest BCUT2D eigenvalue weighted by molar-refractivity contribution is 0.139. The molecule has 20 heavy (non-hydrogen) atoms. The Morgan fingerprint density at radius 3 is 2.45 bits per heavy atom. The third-order valence-electron chi connectivity index (χ3n) is 3.40. The molecule has 0 saturated carbocycles. The van der Waals surface area contributed by atoms with E-state index >= 15 is 0 Å². The first-order valence-electron chi connectivity index (χ1n) is 6.37. The fourth-order valence-electron chi connectivity index (χ4n) is 2.53. The third-order valence-corrected chi connectivity index (χ3v) is 3.93. The highest BCUT2D eigenvalue weighted by atomic mass is 35.5. The maximum Gasteiger partial charge on any atom is 0.123 e.